The maximum atomic E-state index is 12.5. The normalized spacial score (nSPS) is 11.1. The Morgan fingerprint density at radius 1 is 1.35 bits per heavy atom. The van der Waals surface area contributed by atoms with Crippen LogP contribution in [0.3, 0.4) is 0 Å². The van der Waals surface area contributed by atoms with Crippen molar-refractivity contribution >= 4 is 12.0 Å². The van der Waals surface area contributed by atoms with Gasteiger partial charge in [0.1, 0.15) is 5.54 Å². The third-order valence-electron chi connectivity index (χ3n) is 3.09. The molecule has 6 heteroatoms. The summed E-state index contributed by atoms with van der Waals surface area (Å²) < 4.78 is 0. The number of carboxylic acids is 1. The number of hydrogen-bond donors (Lipinski definition) is 1. The molecule has 0 rings (SSSR count). The molecular formula is C14H25N3O3. The summed E-state index contributed by atoms with van der Waals surface area (Å²) in [5.41, 5.74) is -1.27. The van der Waals surface area contributed by atoms with Crippen molar-refractivity contribution in [2.24, 2.45) is 5.92 Å². The first-order valence-electron chi connectivity index (χ1n) is 6.85. The first kappa shape index (κ1) is 18.2. The SMILES string of the molecule is CCN(C(=O)N(CCC#N)CC(C)C)C(C)(C)C(=O)O. The van der Waals surface area contributed by atoms with Crippen molar-refractivity contribution in [3.05, 3.63) is 0 Å². The zero-order valence-corrected chi connectivity index (χ0v) is 13.0. The lowest BCUT2D eigenvalue weighted by atomic mass is 10.0. The molecule has 0 saturated carbocycles. The van der Waals surface area contributed by atoms with Gasteiger partial charge in [-0.2, -0.15) is 5.26 Å². The van der Waals surface area contributed by atoms with Gasteiger partial charge < -0.3 is 14.9 Å². The Balaban J connectivity index is 5.18. The average Bonchev–Trinajstić information content (AvgIpc) is 2.34. The first-order chi connectivity index (χ1) is 9.18. The van der Waals surface area contributed by atoms with Crippen LogP contribution < -0.4 is 0 Å². The third-order valence-corrected chi connectivity index (χ3v) is 3.09. The lowest BCUT2D eigenvalue weighted by Crippen LogP contribution is -2.57. The standard InChI is InChI=1S/C14H25N3O3/c1-6-17(14(4,5)12(18)19)13(20)16(9-7-8-15)10-11(2)3/h11H,6-7,9-10H2,1-5H3,(H,18,19). The Morgan fingerprint density at radius 3 is 2.25 bits per heavy atom. The fourth-order valence-corrected chi connectivity index (χ4v) is 1.95. The molecule has 0 fully saturated rings. The first-order valence-corrected chi connectivity index (χ1v) is 6.85. The number of rotatable bonds is 7. The molecule has 0 aromatic carbocycles. The smallest absolute Gasteiger partial charge is 0.329 e. The number of carbonyl (C=O) groups is 2. The molecule has 114 valence electrons. The van der Waals surface area contributed by atoms with E-state index >= 15 is 0 Å². The number of carbonyl (C=O) groups excluding carboxylic acids is 1. The lowest BCUT2D eigenvalue weighted by Gasteiger charge is -2.38. The van der Waals surface area contributed by atoms with Crippen molar-refractivity contribution in [3.8, 4) is 6.07 Å². The van der Waals surface area contributed by atoms with Gasteiger partial charge in [-0.3, -0.25) is 0 Å². The van der Waals surface area contributed by atoms with Gasteiger partial charge in [0.15, 0.2) is 0 Å². The van der Waals surface area contributed by atoms with Crippen LogP contribution in [0.2, 0.25) is 0 Å². The molecule has 0 spiro atoms. The van der Waals surface area contributed by atoms with Crippen molar-refractivity contribution in [2.75, 3.05) is 19.6 Å². The number of likely N-dealkylation sites (N-methyl/N-ethyl adjacent to an activating group) is 1. The number of carboxylic acid groups (broad SMARTS) is 1. The molecule has 2 amide bonds. The second-order valence-corrected chi connectivity index (χ2v) is 5.64. The fraction of sp³-hybridized carbons (Fsp3) is 0.786. The highest BCUT2D eigenvalue weighted by Gasteiger charge is 2.38. The summed E-state index contributed by atoms with van der Waals surface area (Å²) in [7, 11) is 0. The molecule has 0 aromatic rings. The molecule has 0 bridgehead atoms. The van der Waals surface area contributed by atoms with Gasteiger partial charge in [-0.25, -0.2) is 9.59 Å². The summed E-state index contributed by atoms with van der Waals surface area (Å²) in [6, 6.07) is 1.69. The van der Waals surface area contributed by atoms with Gasteiger partial charge >= 0.3 is 12.0 Å². The summed E-state index contributed by atoms with van der Waals surface area (Å²) in [6.45, 7) is 9.85. The van der Waals surface area contributed by atoms with E-state index in [1.165, 1.54) is 18.7 Å². The number of amides is 2. The highest BCUT2D eigenvalue weighted by Crippen LogP contribution is 2.18. The van der Waals surface area contributed by atoms with Crippen LogP contribution in [0.15, 0.2) is 0 Å². The van der Waals surface area contributed by atoms with E-state index in [1.807, 2.05) is 19.9 Å². The van der Waals surface area contributed by atoms with Crippen molar-refractivity contribution < 1.29 is 14.7 Å². The molecule has 20 heavy (non-hydrogen) atoms. The van der Waals surface area contributed by atoms with Gasteiger partial charge in [-0.1, -0.05) is 13.8 Å². The van der Waals surface area contributed by atoms with Crippen LogP contribution in [0.5, 0.6) is 0 Å². The number of aliphatic carboxylic acids is 1. The maximum absolute atomic E-state index is 12.5. The zero-order valence-electron chi connectivity index (χ0n) is 13.0. The van der Waals surface area contributed by atoms with E-state index in [2.05, 4.69) is 0 Å². The monoisotopic (exact) mass is 283 g/mol. The summed E-state index contributed by atoms with van der Waals surface area (Å²) in [6.07, 6.45) is 0.240. The minimum absolute atomic E-state index is 0.240. The molecule has 1 N–H and O–H groups in total. The average molecular weight is 283 g/mol. The van der Waals surface area contributed by atoms with E-state index in [1.54, 1.807) is 11.8 Å². The van der Waals surface area contributed by atoms with Crippen LogP contribution in [0.4, 0.5) is 4.79 Å². The maximum Gasteiger partial charge on any atom is 0.329 e. The summed E-state index contributed by atoms with van der Waals surface area (Å²) >= 11 is 0. The van der Waals surface area contributed by atoms with Crippen LogP contribution >= 0.6 is 0 Å². The van der Waals surface area contributed by atoms with E-state index < -0.39 is 11.5 Å². The molecule has 0 aliphatic rings. The third kappa shape index (κ3) is 4.72. The Hall–Kier alpha value is -1.77. The lowest BCUT2D eigenvalue weighted by molar-refractivity contribution is -0.147. The molecule has 0 radical (unpaired) electrons. The minimum Gasteiger partial charge on any atom is -0.480 e. The summed E-state index contributed by atoms with van der Waals surface area (Å²) in [5.74, 6) is -0.790. The summed E-state index contributed by atoms with van der Waals surface area (Å²) in [4.78, 5) is 26.8. The van der Waals surface area contributed by atoms with Crippen LogP contribution in [-0.2, 0) is 4.79 Å². The fourth-order valence-electron chi connectivity index (χ4n) is 1.95. The van der Waals surface area contributed by atoms with Gasteiger partial charge in [-0.05, 0) is 26.7 Å². The summed E-state index contributed by atoms with van der Waals surface area (Å²) in [5, 5.41) is 17.9. The second-order valence-electron chi connectivity index (χ2n) is 5.64. The highest BCUT2D eigenvalue weighted by molar-refractivity contribution is 5.85. The molecule has 0 unspecified atom stereocenters. The van der Waals surface area contributed by atoms with Gasteiger partial charge in [0.2, 0.25) is 0 Å². The van der Waals surface area contributed by atoms with Crippen LogP contribution in [0.1, 0.15) is 41.0 Å². The zero-order chi connectivity index (χ0) is 15.9. The molecule has 0 heterocycles. The largest absolute Gasteiger partial charge is 0.480 e. The topological polar surface area (TPSA) is 84.6 Å². The predicted octanol–water partition coefficient (Wildman–Crippen LogP) is 2.16. The van der Waals surface area contributed by atoms with Crippen molar-refractivity contribution in [3.63, 3.8) is 0 Å². The van der Waals surface area contributed by atoms with E-state index in [9.17, 15) is 14.7 Å². The predicted molar refractivity (Wildman–Crippen MR) is 76.1 cm³/mol. The second kappa shape index (κ2) is 7.73. The Labute approximate surface area is 121 Å². The quantitative estimate of drug-likeness (QED) is 0.776. The van der Waals surface area contributed by atoms with Gasteiger partial charge in [0.25, 0.3) is 0 Å². The van der Waals surface area contributed by atoms with Crippen molar-refractivity contribution in [2.45, 2.75) is 46.6 Å². The molecular weight excluding hydrogens is 258 g/mol. The van der Waals surface area contributed by atoms with Crippen LogP contribution in [0.25, 0.3) is 0 Å². The van der Waals surface area contributed by atoms with E-state index in [-0.39, 0.29) is 18.4 Å². The number of urea groups is 1. The molecule has 0 aliphatic heterocycles. The Morgan fingerprint density at radius 2 is 1.90 bits per heavy atom. The van der Waals surface area contributed by atoms with Gasteiger partial charge in [-0.15, -0.1) is 0 Å². The molecule has 0 aliphatic carbocycles. The van der Waals surface area contributed by atoms with E-state index in [4.69, 9.17) is 5.26 Å². The molecule has 0 saturated heterocycles. The molecule has 0 aromatic heterocycles. The van der Waals surface area contributed by atoms with E-state index in [0.717, 1.165) is 0 Å². The highest BCUT2D eigenvalue weighted by atomic mass is 16.4. The number of hydrogen-bond acceptors (Lipinski definition) is 3. The number of nitrogens with zero attached hydrogens (tertiary/aromatic N) is 3. The van der Waals surface area contributed by atoms with Crippen molar-refractivity contribution in [1.82, 2.24) is 9.80 Å². The Kier molecular flexibility index (Phi) is 7.05. The van der Waals surface area contributed by atoms with Crippen molar-refractivity contribution in [1.29, 1.82) is 5.26 Å². The minimum atomic E-state index is -1.27. The van der Waals surface area contributed by atoms with Gasteiger partial charge in [0.05, 0.1) is 12.5 Å². The number of nitriles is 1. The molecule has 0 atom stereocenters. The van der Waals surface area contributed by atoms with E-state index in [0.29, 0.717) is 19.6 Å². The molecule has 6 nitrogen and oxygen atoms in total. The Bertz CT molecular complexity index is 386. The van der Waals surface area contributed by atoms with Crippen LogP contribution in [0, 0.1) is 17.2 Å². The van der Waals surface area contributed by atoms with Crippen LogP contribution in [-0.4, -0.2) is 52.1 Å². The van der Waals surface area contributed by atoms with Gasteiger partial charge in [0, 0.05) is 19.6 Å².